The van der Waals surface area contributed by atoms with Crippen molar-refractivity contribution in [1.82, 2.24) is 4.57 Å². The Morgan fingerprint density at radius 3 is 2.33 bits per heavy atom. The van der Waals surface area contributed by atoms with E-state index in [2.05, 4.69) is 0 Å². The topological polar surface area (TPSA) is 31.2 Å². The lowest BCUT2D eigenvalue weighted by Crippen LogP contribution is -2.10. The van der Waals surface area contributed by atoms with Gasteiger partial charge in [-0.25, -0.2) is 4.79 Å². The fourth-order valence-corrected chi connectivity index (χ4v) is 1.73. The third-order valence-electron chi connectivity index (χ3n) is 3.07. The van der Waals surface area contributed by atoms with Gasteiger partial charge in [0.15, 0.2) is 0 Å². The molecular weight excluding hydrogens is 226 g/mol. The van der Waals surface area contributed by atoms with Crippen molar-refractivity contribution in [2.45, 2.75) is 20.5 Å². The number of carbonyl (C=O) groups is 1. The molecule has 0 N–H and O–H groups in total. The smallest absolute Gasteiger partial charge is 0.355 e. The highest BCUT2D eigenvalue weighted by molar-refractivity contribution is 5.87. The molecular formula is C15H17NO2. The van der Waals surface area contributed by atoms with Crippen molar-refractivity contribution in [2.75, 3.05) is 0 Å². The van der Waals surface area contributed by atoms with Crippen LogP contribution in [0.3, 0.4) is 0 Å². The second-order valence-corrected chi connectivity index (χ2v) is 4.48. The maximum absolute atomic E-state index is 11.9. The normalized spacial score (nSPS) is 10.4. The average molecular weight is 243 g/mol. The monoisotopic (exact) mass is 243 g/mol. The maximum Gasteiger partial charge on any atom is 0.355 e. The molecule has 0 fully saturated rings. The summed E-state index contributed by atoms with van der Waals surface area (Å²) in [4.78, 5) is 11.9. The zero-order chi connectivity index (χ0) is 13.1. The highest BCUT2D eigenvalue weighted by Crippen LogP contribution is 2.10. The summed E-state index contributed by atoms with van der Waals surface area (Å²) in [6, 6.07) is 11.7. The number of esters is 1. The van der Waals surface area contributed by atoms with E-state index in [-0.39, 0.29) is 5.97 Å². The van der Waals surface area contributed by atoms with Gasteiger partial charge in [-0.05, 0) is 31.5 Å². The van der Waals surface area contributed by atoms with Crippen LogP contribution in [0.5, 0.6) is 0 Å². The molecule has 0 unspecified atom stereocenters. The molecule has 1 aromatic heterocycles. The summed E-state index contributed by atoms with van der Waals surface area (Å²) < 4.78 is 7.12. The standard InChI is InChI=1S/C15H17NO2/c1-11-4-7-13(8-5-11)10-18-15(17)14-9-6-12(2)16(14)3/h4-9H,10H2,1-3H3. The Kier molecular flexibility index (Phi) is 3.51. The predicted molar refractivity (Wildman–Crippen MR) is 70.4 cm³/mol. The van der Waals surface area contributed by atoms with Crippen molar-refractivity contribution in [1.29, 1.82) is 0 Å². The van der Waals surface area contributed by atoms with Gasteiger partial charge in [-0.2, -0.15) is 0 Å². The average Bonchev–Trinajstić information content (AvgIpc) is 2.69. The van der Waals surface area contributed by atoms with Gasteiger partial charge < -0.3 is 9.30 Å². The minimum atomic E-state index is -0.286. The van der Waals surface area contributed by atoms with E-state index < -0.39 is 0 Å². The summed E-state index contributed by atoms with van der Waals surface area (Å²) in [6.07, 6.45) is 0. The van der Waals surface area contributed by atoms with Gasteiger partial charge >= 0.3 is 5.97 Å². The highest BCUT2D eigenvalue weighted by Gasteiger charge is 2.12. The fourth-order valence-electron chi connectivity index (χ4n) is 1.73. The van der Waals surface area contributed by atoms with Gasteiger partial charge in [0.25, 0.3) is 0 Å². The highest BCUT2D eigenvalue weighted by atomic mass is 16.5. The second kappa shape index (κ2) is 5.08. The van der Waals surface area contributed by atoms with Crippen molar-refractivity contribution in [3.63, 3.8) is 0 Å². The number of ether oxygens (including phenoxy) is 1. The molecule has 2 rings (SSSR count). The fraction of sp³-hybridized carbons (Fsp3) is 0.267. The van der Waals surface area contributed by atoms with Crippen LogP contribution in [-0.4, -0.2) is 10.5 Å². The molecule has 94 valence electrons. The number of hydrogen-bond acceptors (Lipinski definition) is 2. The summed E-state index contributed by atoms with van der Waals surface area (Å²) in [7, 11) is 1.86. The zero-order valence-electron chi connectivity index (χ0n) is 10.9. The number of nitrogens with zero attached hydrogens (tertiary/aromatic N) is 1. The van der Waals surface area contributed by atoms with E-state index in [1.165, 1.54) is 5.56 Å². The van der Waals surface area contributed by atoms with Gasteiger partial charge in [0, 0.05) is 12.7 Å². The van der Waals surface area contributed by atoms with Gasteiger partial charge in [-0.15, -0.1) is 0 Å². The van der Waals surface area contributed by atoms with Crippen LogP contribution in [0.4, 0.5) is 0 Å². The Labute approximate surface area is 107 Å². The van der Waals surface area contributed by atoms with Gasteiger partial charge in [0.2, 0.25) is 0 Å². The van der Waals surface area contributed by atoms with E-state index in [9.17, 15) is 4.79 Å². The number of aryl methyl sites for hydroxylation is 2. The van der Waals surface area contributed by atoms with Crippen LogP contribution in [0.1, 0.15) is 27.3 Å². The Morgan fingerprint density at radius 2 is 1.78 bits per heavy atom. The van der Waals surface area contributed by atoms with Gasteiger partial charge in [0.05, 0.1) is 0 Å². The van der Waals surface area contributed by atoms with Crippen molar-refractivity contribution >= 4 is 5.97 Å². The molecule has 3 nitrogen and oxygen atoms in total. The van der Waals surface area contributed by atoms with E-state index in [1.54, 1.807) is 6.07 Å². The van der Waals surface area contributed by atoms with Crippen molar-refractivity contribution < 1.29 is 9.53 Å². The largest absolute Gasteiger partial charge is 0.456 e. The minimum Gasteiger partial charge on any atom is -0.456 e. The first-order chi connectivity index (χ1) is 8.58. The number of rotatable bonds is 3. The van der Waals surface area contributed by atoms with Crippen LogP contribution in [0.15, 0.2) is 36.4 Å². The first kappa shape index (κ1) is 12.4. The lowest BCUT2D eigenvalue weighted by atomic mass is 10.2. The third kappa shape index (κ3) is 2.62. The molecule has 1 heterocycles. The van der Waals surface area contributed by atoms with Crippen LogP contribution in [-0.2, 0) is 18.4 Å². The number of benzene rings is 1. The van der Waals surface area contributed by atoms with Crippen LogP contribution in [0, 0.1) is 13.8 Å². The molecule has 0 atom stereocenters. The summed E-state index contributed by atoms with van der Waals surface area (Å²) >= 11 is 0. The summed E-state index contributed by atoms with van der Waals surface area (Å²) in [6.45, 7) is 4.29. The Morgan fingerprint density at radius 1 is 1.11 bits per heavy atom. The molecule has 1 aromatic carbocycles. The summed E-state index contributed by atoms with van der Waals surface area (Å²) in [5.41, 5.74) is 3.82. The number of carbonyl (C=O) groups excluding carboxylic acids is 1. The van der Waals surface area contributed by atoms with Crippen LogP contribution >= 0.6 is 0 Å². The first-order valence-corrected chi connectivity index (χ1v) is 5.93. The minimum absolute atomic E-state index is 0.286. The molecule has 0 saturated carbocycles. The quantitative estimate of drug-likeness (QED) is 0.776. The first-order valence-electron chi connectivity index (χ1n) is 5.93. The van der Waals surface area contributed by atoms with Gasteiger partial charge in [-0.3, -0.25) is 0 Å². The molecule has 0 aliphatic heterocycles. The molecule has 0 aliphatic carbocycles. The lowest BCUT2D eigenvalue weighted by Gasteiger charge is -2.07. The molecule has 0 bridgehead atoms. The van der Waals surface area contributed by atoms with Gasteiger partial charge in [-0.1, -0.05) is 29.8 Å². The SMILES string of the molecule is Cc1ccc(COC(=O)c2ccc(C)n2C)cc1. The Hall–Kier alpha value is -2.03. The predicted octanol–water partition coefficient (Wildman–Crippen LogP) is 3.00. The Bertz CT molecular complexity index is 552. The molecule has 0 saturated heterocycles. The zero-order valence-corrected chi connectivity index (χ0v) is 10.9. The van der Waals surface area contributed by atoms with Crippen molar-refractivity contribution in [2.24, 2.45) is 7.05 Å². The maximum atomic E-state index is 11.9. The number of hydrogen-bond donors (Lipinski definition) is 0. The second-order valence-electron chi connectivity index (χ2n) is 4.48. The molecule has 0 aliphatic rings. The molecule has 2 aromatic rings. The van der Waals surface area contributed by atoms with Gasteiger partial charge in [0.1, 0.15) is 12.3 Å². The third-order valence-corrected chi connectivity index (χ3v) is 3.07. The molecule has 18 heavy (non-hydrogen) atoms. The van der Waals surface area contributed by atoms with E-state index in [0.717, 1.165) is 11.3 Å². The summed E-state index contributed by atoms with van der Waals surface area (Å²) in [5, 5.41) is 0. The number of aromatic nitrogens is 1. The van der Waals surface area contributed by atoms with Crippen LogP contribution in [0.2, 0.25) is 0 Å². The van der Waals surface area contributed by atoms with Crippen LogP contribution < -0.4 is 0 Å². The van der Waals surface area contributed by atoms with Crippen molar-refractivity contribution in [3.8, 4) is 0 Å². The molecule has 0 spiro atoms. The van der Waals surface area contributed by atoms with E-state index in [4.69, 9.17) is 4.74 Å². The van der Waals surface area contributed by atoms with E-state index >= 15 is 0 Å². The molecule has 3 heteroatoms. The van der Waals surface area contributed by atoms with Crippen molar-refractivity contribution in [3.05, 3.63) is 58.9 Å². The molecule has 0 amide bonds. The molecule has 0 radical (unpaired) electrons. The summed E-state index contributed by atoms with van der Waals surface area (Å²) in [5.74, 6) is -0.286. The Balaban J connectivity index is 2.00. The van der Waals surface area contributed by atoms with E-state index in [0.29, 0.717) is 12.3 Å². The van der Waals surface area contributed by atoms with E-state index in [1.807, 2.05) is 55.8 Å². The van der Waals surface area contributed by atoms with Crippen LogP contribution in [0.25, 0.3) is 0 Å². The lowest BCUT2D eigenvalue weighted by molar-refractivity contribution is 0.0461.